The van der Waals surface area contributed by atoms with E-state index >= 15 is 0 Å². The molecule has 0 fully saturated rings. The van der Waals surface area contributed by atoms with E-state index in [-0.39, 0.29) is 5.91 Å². The molecule has 1 aromatic carbocycles. The molecule has 0 saturated carbocycles. The summed E-state index contributed by atoms with van der Waals surface area (Å²) in [5.41, 5.74) is 1.28. The lowest BCUT2D eigenvalue weighted by atomic mass is 10.0. The first-order valence-corrected chi connectivity index (χ1v) is 8.31. The van der Waals surface area contributed by atoms with Crippen LogP contribution in [-0.4, -0.2) is 29.6 Å². The zero-order valence-corrected chi connectivity index (χ0v) is 13.9. The Morgan fingerprint density at radius 3 is 2.14 bits per heavy atom. The van der Waals surface area contributed by atoms with E-state index < -0.39 is 0 Å². The third-order valence-electron chi connectivity index (χ3n) is 3.25. The van der Waals surface area contributed by atoms with Gasteiger partial charge in [-0.25, -0.2) is 0 Å². The van der Waals surface area contributed by atoms with Gasteiger partial charge in [-0.15, -0.1) is 11.8 Å². The molecule has 0 unspecified atom stereocenters. The van der Waals surface area contributed by atoms with Crippen LogP contribution in [0.15, 0.2) is 29.2 Å². The topological polar surface area (TPSA) is 67.9 Å². The van der Waals surface area contributed by atoms with E-state index in [1.807, 2.05) is 24.3 Å². The Morgan fingerprint density at radius 1 is 1.14 bits per heavy atom. The molecule has 0 radical (unpaired) electrons. The van der Waals surface area contributed by atoms with Crippen molar-refractivity contribution in [3.05, 3.63) is 29.8 Å². The Kier molecular flexibility index (Phi) is 8.10. The van der Waals surface area contributed by atoms with E-state index in [0.29, 0.717) is 37.6 Å². The molecule has 0 N–H and O–H groups in total. The number of amides is 1. The highest BCUT2D eigenvalue weighted by Gasteiger charge is 2.13. The van der Waals surface area contributed by atoms with E-state index in [0.717, 1.165) is 4.90 Å². The van der Waals surface area contributed by atoms with E-state index in [9.17, 15) is 4.79 Å². The summed E-state index contributed by atoms with van der Waals surface area (Å²) in [4.78, 5) is 14.8. The minimum Gasteiger partial charge on any atom is -0.340 e. The zero-order chi connectivity index (χ0) is 16.4. The summed E-state index contributed by atoms with van der Waals surface area (Å²) in [6.45, 7) is 5.08. The van der Waals surface area contributed by atoms with Crippen LogP contribution < -0.4 is 0 Å². The van der Waals surface area contributed by atoms with Gasteiger partial charge in [0.25, 0.3) is 0 Å². The van der Waals surface area contributed by atoms with E-state index in [4.69, 9.17) is 10.5 Å². The van der Waals surface area contributed by atoms with Crippen molar-refractivity contribution in [2.24, 2.45) is 0 Å². The number of hydrogen-bond acceptors (Lipinski definition) is 4. The van der Waals surface area contributed by atoms with Crippen LogP contribution in [0.25, 0.3) is 0 Å². The summed E-state index contributed by atoms with van der Waals surface area (Å²) in [5, 5.41) is 17.3. The highest BCUT2D eigenvalue weighted by Crippen LogP contribution is 2.22. The van der Waals surface area contributed by atoms with Gasteiger partial charge in [0.05, 0.1) is 30.7 Å². The van der Waals surface area contributed by atoms with Crippen LogP contribution in [0.1, 0.15) is 38.2 Å². The minimum absolute atomic E-state index is 0.0246. The van der Waals surface area contributed by atoms with Gasteiger partial charge >= 0.3 is 0 Å². The molecular formula is C17H21N3OS. The molecule has 0 aromatic heterocycles. The molecule has 1 rings (SSSR count). The minimum atomic E-state index is -0.0246. The Bertz CT molecular complexity index is 537. The number of nitriles is 2. The Labute approximate surface area is 136 Å². The number of hydrogen-bond donors (Lipinski definition) is 0. The summed E-state index contributed by atoms with van der Waals surface area (Å²) >= 11 is 1.49. The van der Waals surface area contributed by atoms with Gasteiger partial charge in [-0.2, -0.15) is 10.5 Å². The third-order valence-corrected chi connectivity index (χ3v) is 4.25. The number of carbonyl (C=O) groups is 1. The summed E-state index contributed by atoms with van der Waals surface area (Å²) in [6, 6.07) is 12.3. The summed E-state index contributed by atoms with van der Waals surface area (Å²) in [6.07, 6.45) is 0.593. The van der Waals surface area contributed by atoms with Crippen LogP contribution in [0.5, 0.6) is 0 Å². The molecule has 0 aliphatic carbocycles. The first-order valence-electron chi connectivity index (χ1n) is 7.33. The largest absolute Gasteiger partial charge is 0.340 e. The van der Waals surface area contributed by atoms with Gasteiger partial charge < -0.3 is 4.90 Å². The molecule has 0 bridgehead atoms. The summed E-state index contributed by atoms with van der Waals surface area (Å²) in [7, 11) is 0. The first-order chi connectivity index (χ1) is 10.6. The monoisotopic (exact) mass is 315 g/mol. The lowest BCUT2D eigenvalue weighted by Gasteiger charge is -2.20. The second-order valence-corrected chi connectivity index (χ2v) is 6.26. The van der Waals surface area contributed by atoms with Gasteiger partial charge in [0, 0.05) is 18.0 Å². The molecule has 4 nitrogen and oxygen atoms in total. The van der Waals surface area contributed by atoms with E-state index in [2.05, 4.69) is 26.0 Å². The maximum atomic E-state index is 12.2. The van der Waals surface area contributed by atoms with Crippen LogP contribution in [0.2, 0.25) is 0 Å². The van der Waals surface area contributed by atoms with Crippen molar-refractivity contribution < 1.29 is 4.79 Å². The molecule has 22 heavy (non-hydrogen) atoms. The van der Waals surface area contributed by atoms with Crippen molar-refractivity contribution in [2.45, 2.75) is 37.5 Å². The molecule has 0 aliphatic heterocycles. The van der Waals surface area contributed by atoms with E-state index in [1.165, 1.54) is 17.3 Å². The Morgan fingerprint density at radius 2 is 1.68 bits per heavy atom. The molecule has 5 heteroatoms. The van der Waals surface area contributed by atoms with Crippen molar-refractivity contribution in [1.29, 1.82) is 10.5 Å². The maximum Gasteiger partial charge on any atom is 0.232 e. The maximum absolute atomic E-state index is 12.2. The lowest BCUT2D eigenvalue weighted by Crippen LogP contribution is -2.34. The molecule has 0 spiro atoms. The van der Waals surface area contributed by atoms with Crippen molar-refractivity contribution >= 4 is 17.7 Å². The van der Waals surface area contributed by atoms with Crippen LogP contribution in [-0.2, 0) is 4.79 Å². The molecule has 0 saturated heterocycles. The van der Waals surface area contributed by atoms with Gasteiger partial charge in [0.15, 0.2) is 0 Å². The van der Waals surface area contributed by atoms with E-state index in [1.54, 1.807) is 4.90 Å². The van der Waals surface area contributed by atoms with Gasteiger partial charge in [0.2, 0.25) is 5.91 Å². The van der Waals surface area contributed by atoms with Crippen molar-refractivity contribution in [2.75, 3.05) is 18.8 Å². The highest BCUT2D eigenvalue weighted by molar-refractivity contribution is 8.00. The van der Waals surface area contributed by atoms with Crippen LogP contribution >= 0.6 is 11.8 Å². The normalized spacial score (nSPS) is 10.0. The first kappa shape index (κ1) is 18.1. The van der Waals surface area contributed by atoms with Crippen molar-refractivity contribution in [3.8, 4) is 12.1 Å². The average Bonchev–Trinajstić information content (AvgIpc) is 2.53. The zero-order valence-electron chi connectivity index (χ0n) is 13.1. The standard InChI is InChI=1S/C17H21N3OS/c1-14(2)15-5-7-16(8-6-15)22-13-17(21)20(11-3-9-18)12-4-10-19/h5-8,14H,3-4,11-13H2,1-2H3. The average molecular weight is 315 g/mol. The number of rotatable bonds is 8. The number of nitrogens with zero attached hydrogens (tertiary/aromatic N) is 3. The molecule has 116 valence electrons. The number of benzene rings is 1. The molecule has 1 amide bonds. The van der Waals surface area contributed by atoms with Crippen molar-refractivity contribution in [3.63, 3.8) is 0 Å². The van der Waals surface area contributed by atoms with Gasteiger partial charge in [0.1, 0.15) is 0 Å². The number of carbonyl (C=O) groups excluding carboxylic acids is 1. The van der Waals surface area contributed by atoms with Crippen LogP contribution in [0.4, 0.5) is 0 Å². The fourth-order valence-electron chi connectivity index (χ4n) is 1.92. The third kappa shape index (κ3) is 6.20. The molecular weight excluding hydrogens is 294 g/mol. The second kappa shape index (κ2) is 9.87. The summed E-state index contributed by atoms with van der Waals surface area (Å²) < 4.78 is 0. The predicted molar refractivity (Wildman–Crippen MR) is 88.3 cm³/mol. The van der Waals surface area contributed by atoms with Gasteiger partial charge in [-0.05, 0) is 23.6 Å². The van der Waals surface area contributed by atoms with Crippen LogP contribution in [0.3, 0.4) is 0 Å². The van der Waals surface area contributed by atoms with Crippen molar-refractivity contribution in [1.82, 2.24) is 4.90 Å². The highest BCUT2D eigenvalue weighted by atomic mass is 32.2. The SMILES string of the molecule is CC(C)c1ccc(SCC(=O)N(CCC#N)CCC#N)cc1. The quantitative estimate of drug-likeness (QED) is 0.688. The fraction of sp³-hybridized carbons (Fsp3) is 0.471. The predicted octanol–water partition coefficient (Wildman–Crippen LogP) is 3.56. The molecule has 1 aromatic rings. The molecule has 0 heterocycles. The Hall–Kier alpha value is -1.98. The lowest BCUT2D eigenvalue weighted by molar-refractivity contribution is -0.128. The van der Waals surface area contributed by atoms with Gasteiger partial charge in [-0.3, -0.25) is 4.79 Å². The molecule has 0 aliphatic rings. The summed E-state index contributed by atoms with van der Waals surface area (Å²) in [5.74, 6) is 0.800. The van der Waals surface area contributed by atoms with Crippen LogP contribution in [0, 0.1) is 22.7 Å². The second-order valence-electron chi connectivity index (χ2n) is 5.21. The van der Waals surface area contributed by atoms with Gasteiger partial charge in [-0.1, -0.05) is 26.0 Å². The number of thioether (sulfide) groups is 1. The molecule has 0 atom stereocenters. The fourth-order valence-corrected chi connectivity index (χ4v) is 2.72. The Balaban J connectivity index is 2.54. The smallest absolute Gasteiger partial charge is 0.232 e.